The Labute approximate surface area is 177 Å². The zero-order chi connectivity index (χ0) is 21.5. The molecule has 0 radical (unpaired) electrons. The molecule has 1 aliphatic rings. The summed E-state index contributed by atoms with van der Waals surface area (Å²) in [5.74, 6) is 0.919. The number of carbonyl (C=O) groups is 2. The lowest BCUT2D eigenvalue weighted by molar-refractivity contribution is -0.129. The summed E-state index contributed by atoms with van der Waals surface area (Å²) in [5, 5.41) is 2.94. The maximum absolute atomic E-state index is 13.0. The number of fused-ring (bicyclic) bond motifs is 1. The van der Waals surface area contributed by atoms with Crippen LogP contribution >= 0.6 is 0 Å². The largest absolute Gasteiger partial charge is 0.497 e. The fraction of sp³-hybridized carbons (Fsp3) is 0.333. The fourth-order valence-corrected chi connectivity index (χ4v) is 3.48. The Morgan fingerprint density at radius 3 is 2.70 bits per heavy atom. The average Bonchev–Trinajstić information content (AvgIpc) is 2.74. The molecule has 0 aromatic heterocycles. The van der Waals surface area contributed by atoms with Gasteiger partial charge in [0, 0.05) is 19.2 Å². The van der Waals surface area contributed by atoms with Crippen LogP contribution in [0.15, 0.2) is 48.7 Å². The molecule has 30 heavy (non-hydrogen) atoms. The van der Waals surface area contributed by atoms with Crippen molar-refractivity contribution in [2.75, 3.05) is 19.0 Å². The van der Waals surface area contributed by atoms with Gasteiger partial charge in [-0.05, 0) is 35.8 Å². The first-order valence-corrected chi connectivity index (χ1v) is 10.2. The van der Waals surface area contributed by atoms with E-state index in [0.29, 0.717) is 23.8 Å². The van der Waals surface area contributed by atoms with Crippen LogP contribution in [0.4, 0.5) is 5.69 Å². The zero-order valence-electron chi connectivity index (χ0n) is 17.7. The van der Waals surface area contributed by atoms with Crippen molar-refractivity contribution in [3.8, 4) is 11.5 Å². The van der Waals surface area contributed by atoms with Gasteiger partial charge in [0.25, 0.3) is 0 Å². The van der Waals surface area contributed by atoms with E-state index in [0.717, 1.165) is 24.0 Å². The maximum Gasteiger partial charge on any atom is 0.226 e. The molecule has 0 fully saturated rings. The normalized spacial score (nSPS) is 14.8. The maximum atomic E-state index is 13.0. The minimum atomic E-state index is -0.362. The SMILES string of the molecule is CCCCOc1ccc(OC)cc1NC(=O)CC1c2ccccc2C=CN1C(C)=O. The molecule has 6 nitrogen and oxygen atoms in total. The minimum absolute atomic E-state index is 0.108. The highest BCUT2D eigenvalue weighted by molar-refractivity contribution is 5.93. The van der Waals surface area contributed by atoms with Crippen molar-refractivity contribution in [1.29, 1.82) is 0 Å². The lowest BCUT2D eigenvalue weighted by Gasteiger charge is -2.32. The number of nitrogens with zero attached hydrogens (tertiary/aromatic N) is 1. The van der Waals surface area contributed by atoms with E-state index in [1.54, 1.807) is 36.4 Å². The van der Waals surface area contributed by atoms with E-state index in [1.165, 1.54) is 6.92 Å². The summed E-state index contributed by atoms with van der Waals surface area (Å²) in [6.45, 7) is 4.17. The molecule has 0 saturated heterocycles. The summed E-state index contributed by atoms with van der Waals surface area (Å²) >= 11 is 0. The third kappa shape index (κ3) is 5.00. The van der Waals surface area contributed by atoms with Crippen LogP contribution in [0.5, 0.6) is 11.5 Å². The van der Waals surface area contributed by atoms with Crippen molar-refractivity contribution in [2.45, 2.75) is 39.2 Å². The van der Waals surface area contributed by atoms with Gasteiger partial charge in [0.15, 0.2) is 0 Å². The van der Waals surface area contributed by atoms with Crippen LogP contribution in [0, 0.1) is 0 Å². The number of unbranched alkanes of at least 4 members (excludes halogenated alkanes) is 1. The van der Waals surface area contributed by atoms with E-state index in [4.69, 9.17) is 9.47 Å². The molecule has 0 aliphatic carbocycles. The highest BCUT2D eigenvalue weighted by atomic mass is 16.5. The molecule has 0 bridgehead atoms. The number of benzene rings is 2. The predicted octanol–water partition coefficient (Wildman–Crippen LogP) is 4.78. The summed E-state index contributed by atoms with van der Waals surface area (Å²) in [5.41, 5.74) is 2.53. The molecule has 1 N–H and O–H groups in total. The number of hydrogen-bond donors (Lipinski definition) is 1. The smallest absolute Gasteiger partial charge is 0.226 e. The lowest BCUT2D eigenvalue weighted by Crippen LogP contribution is -2.33. The van der Waals surface area contributed by atoms with E-state index in [-0.39, 0.29) is 24.3 Å². The van der Waals surface area contributed by atoms with Gasteiger partial charge in [0.2, 0.25) is 11.8 Å². The van der Waals surface area contributed by atoms with Crippen LogP contribution in [-0.2, 0) is 9.59 Å². The Morgan fingerprint density at radius 2 is 1.97 bits per heavy atom. The molecule has 1 atom stereocenters. The second-order valence-electron chi connectivity index (χ2n) is 7.20. The van der Waals surface area contributed by atoms with Crippen molar-refractivity contribution in [2.24, 2.45) is 0 Å². The Balaban J connectivity index is 1.80. The highest BCUT2D eigenvalue weighted by Crippen LogP contribution is 2.34. The standard InChI is InChI=1S/C24H28N2O4/c1-4-5-14-30-23-11-10-19(29-3)15-21(23)25-24(28)16-22-20-9-7-6-8-18(20)12-13-26(22)17(2)27/h6-13,15,22H,4-5,14,16H2,1-3H3,(H,25,28). The van der Waals surface area contributed by atoms with Crippen molar-refractivity contribution < 1.29 is 19.1 Å². The van der Waals surface area contributed by atoms with Crippen LogP contribution in [0.2, 0.25) is 0 Å². The second-order valence-corrected chi connectivity index (χ2v) is 7.20. The van der Waals surface area contributed by atoms with Crippen molar-refractivity contribution in [1.82, 2.24) is 4.90 Å². The number of hydrogen-bond acceptors (Lipinski definition) is 4. The number of nitrogens with one attached hydrogen (secondary N) is 1. The lowest BCUT2D eigenvalue weighted by atomic mass is 9.93. The van der Waals surface area contributed by atoms with Gasteiger partial charge >= 0.3 is 0 Å². The van der Waals surface area contributed by atoms with Gasteiger partial charge in [-0.25, -0.2) is 0 Å². The third-order valence-electron chi connectivity index (χ3n) is 5.06. The van der Waals surface area contributed by atoms with Gasteiger partial charge in [-0.15, -0.1) is 0 Å². The van der Waals surface area contributed by atoms with Crippen molar-refractivity contribution in [3.05, 3.63) is 59.8 Å². The summed E-state index contributed by atoms with van der Waals surface area (Å²) in [6.07, 6.45) is 5.72. The Kier molecular flexibility index (Phi) is 7.12. The molecular weight excluding hydrogens is 380 g/mol. The van der Waals surface area contributed by atoms with E-state index >= 15 is 0 Å². The fourth-order valence-electron chi connectivity index (χ4n) is 3.48. The first-order chi connectivity index (χ1) is 14.5. The summed E-state index contributed by atoms with van der Waals surface area (Å²) in [7, 11) is 1.58. The predicted molar refractivity (Wildman–Crippen MR) is 117 cm³/mol. The summed E-state index contributed by atoms with van der Waals surface area (Å²) in [4.78, 5) is 26.7. The molecule has 2 aromatic rings. The Morgan fingerprint density at radius 1 is 1.17 bits per heavy atom. The molecule has 2 aromatic carbocycles. The Bertz CT molecular complexity index is 939. The van der Waals surface area contributed by atoms with E-state index in [1.807, 2.05) is 30.3 Å². The monoisotopic (exact) mass is 408 g/mol. The molecular formula is C24H28N2O4. The van der Waals surface area contributed by atoms with Gasteiger partial charge in [0.05, 0.1) is 31.9 Å². The summed E-state index contributed by atoms with van der Waals surface area (Å²) in [6, 6.07) is 12.8. The van der Waals surface area contributed by atoms with Crippen molar-refractivity contribution in [3.63, 3.8) is 0 Å². The molecule has 6 heteroatoms. The van der Waals surface area contributed by atoms with Gasteiger partial charge in [-0.3, -0.25) is 9.59 Å². The molecule has 3 rings (SSSR count). The van der Waals surface area contributed by atoms with Gasteiger partial charge in [-0.2, -0.15) is 0 Å². The van der Waals surface area contributed by atoms with Crippen LogP contribution < -0.4 is 14.8 Å². The first-order valence-electron chi connectivity index (χ1n) is 10.2. The van der Waals surface area contributed by atoms with E-state index in [9.17, 15) is 9.59 Å². The number of carbonyl (C=O) groups excluding carboxylic acids is 2. The molecule has 2 amide bonds. The molecule has 1 aliphatic heterocycles. The molecule has 0 spiro atoms. The van der Waals surface area contributed by atoms with Gasteiger partial charge in [-0.1, -0.05) is 37.6 Å². The molecule has 1 unspecified atom stereocenters. The number of amides is 2. The Hall–Kier alpha value is -3.28. The molecule has 1 heterocycles. The zero-order valence-corrected chi connectivity index (χ0v) is 17.7. The quantitative estimate of drug-likeness (QED) is 0.639. The van der Waals surface area contributed by atoms with Crippen LogP contribution in [0.3, 0.4) is 0 Å². The molecule has 158 valence electrons. The number of methoxy groups -OCH3 is 1. The summed E-state index contributed by atoms with van der Waals surface area (Å²) < 4.78 is 11.1. The average molecular weight is 408 g/mol. The van der Waals surface area contributed by atoms with Gasteiger partial charge < -0.3 is 19.7 Å². The highest BCUT2D eigenvalue weighted by Gasteiger charge is 2.28. The number of ether oxygens (including phenoxy) is 2. The first kappa shape index (κ1) is 21.4. The van der Waals surface area contributed by atoms with Crippen LogP contribution in [-0.4, -0.2) is 30.4 Å². The van der Waals surface area contributed by atoms with E-state index < -0.39 is 0 Å². The van der Waals surface area contributed by atoms with Crippen LogP contribution in [0.25, 0.3) is 6.08 Å². The molecule has 0 saturated carbocycles. The van der Waals surface area contributed by atoms with E-state index in [2.05, 4.69) is 12.2 Å². The van der Waals surface area contributed by atoms with Crippen molar-refractivity contribution >= 4 is 23.6 Å². The number of anilines is 1. The van der Waals surface area contributed by atoms with Gasteiger partial charge in [0.1, 0.15) is 11.5 Å². The second kappa shape index (κ2) is 9.96. The third-order valence-corrected chi connectivity index (χ3v) is 5.06. The number of rotatable bonds is 8. The minimum Gasteiger partial charge on any atom is -0.497 e. The topological polar surface area (TPSA) is 67.9 Å². The van der Waals surface area contributed by atoms with Crippen LogP contribution in [0.1, 0.15) is 50.3 Å².